The molecule has 0 fully saturated rings. The summed E-state index contributed by atoms with van der Waals surface area (Å²) in [6.07, 6.45) is 2.70. The van der Waals surface area contributed by atoms with E-state index in [0.29, 0.717) is 24.7 Å². The minimum absolute atomic E-state index is 0.112. The molecule has 5 rings (SSSR count). The predicted molar refractivity (Wildman–Crippen MR) is 137 cm³/mol. The van der Waals surface area contributed by atoms with Crippen molar-refractivity contribution in [2.75, 3.05) is 20.3 Å². The van der Waals surface area contributed by atoms with Crippen LogP contribution in [0.15, 0.2) is 60.7 Å². The summed E-state index contributed by atoms with van der Waals surface area (Å²) in [6.45, 7) is 1.03. The van der Waals surface area contributed by atoms with Crippen molar-refractivity contribution in [3.8, 4) is 27.8 Å². The molecular formula is C28H27NO5S. The van der Waals surface area contributed by atoms with Crippen molar-refractivity contribution in [2.45, 2.75) is 31.6 Å². The molecular weight excluding hydrogens is 462 g/mol. The van der Waals surface area contributed by atoms with Crippen LogP contribution in [0.4, 0.5) is 0 Å². The van der Waals surface area contributed by atoms with E-state index in [0.717, 1.165) is 51.4 Å². The second-order valence-electron chi connectivity index (χ2n) is 8.60. The number of aliphatic carboxylic acids is 1. The third-order valence-electron chi connectivity index (χ3n) is 6.26. The summed E-state index contributed by atoms with van der Waals surface area (Å²) in [5.41, 5.74) is 4.34. The quantitative estimate of drug-likeness (QED) is 0.263. The van der Waals surface area contributed by atoms with Crippen molar-refractivity contribution in [2.24, 2.45) is 0 Å². The lowest BCUT2D eigenvalue weighted by molar-refractivity contribution is -0.137. The van der Waals surface area contributed by atoms with Crippen molar-refractivity contribution in [1.29, 1.82) is 0 Å². The third-order valence-corrected chi connectivity index (χ3v) is 7.34. The zero-order valence-corrected chi connectivity index (χ0v) is 20.3. The normalized spacial score (nSPS) is 14.6. The average Bonchev–Trinajstić information content (AvgIpc) is 3.47. The van der Waals surface area contributed by atoms with E-state index in [-0.39, 0.29) is 12.3 Å². The Labute approximate surface area is 208 Å². The molecule has 1 aromatic heterocycles. The summed E-state index contributed by atoms with van der Waals surface area (Å²) in [7, 11) is 1.64. The van der Waals surface area contributed by atoms with Gasteiger partial charge in [-0.3, -0.25) is 4.79 Å². The van der Waals surface area contributed by atoms with Gasteiger partial charge in [0.15, 0.2) is 11.5 Å². The number of methoxy groups -OCH3 is 1. The number of hydrogen-bond donors (Lipinski definition) is 1. The van der Waals surface area contributed by atoms with Gasteiger partial charge < -0.3 is 19.3 Å². The lowest BCUT2D eigenvalue weighted by atomic mass is 9.98. The third kappa shape index (κ3) is 5.25. The van der Waals surface area contributed by atoms with Crippen LogP contribution in [0.3, 0.4) is 0 Å². The summed E-state index contributed by atoms with van der Waals surface area (Å²) < 4.78 is 18.6. The summed E-state index contributed by atoms with van der Waals surface area (Å²) in [4.78, 5) is 15.8. The number of benzene rings is 3. The number of thiazole rings is 1. The van der Waals surface area contributed by atoms with Gasteiger partial charge in [-0.15, -0.1) is 11.3 Å². The molecule has 180 valence electrons. The second-order valence-corrected chi connectivity index (χ2v) is 9.63. The SMILES string of the molecule is COc1cc(-c2nc3ccccc3s2)ccc1OCCCOc1ccc2c(c1)CCC2CC(=O)O. The lowest BCUT2D eigenvalue weighted by Gasteiger charge is -2.13. The predicted octanol–water partition coefficient (Wildman–Crippen LogP) is 6.32. The monoisotopic (exact) mass is 489 g/mol. The number of carboxylic acid groups (broad SMARTS) is 1. The molecule has 7 heteroatoms. The highest BCUT2D eigenvalue weighted by Gasteiger charge is 2.24. The molecule has 0 spiro atoms. The van der Waals surface area contributed by atoms with Crippen LogP contribution in [0.25, 0.3) is 20.8 Å². The van der Waals surface area contributed by atoms with E-state index < -0.39 is 5.97 Å². The Morgan fingerprint density at radius 2 is 1.91 bits per heavy atom. The highest BCUT2D eigenvalue weighted by molar-refractivity contribution is 7.21. The fourth-order valence-corrected chi connectivity index (χ4v) is 5.50. The van der Waals surface area contributed by atoms with E-state index in [1.807, 2.05) is 54.6 Å². The summed E-state index contributed by atoms with van der Waals surface area (Å²) in [6, 6.07) is 20.0. The van der Waals surface area contributed by atoms with Gasteiger partial charge in [0.25, 0.3) is 0 Å². The fourth-order valence-electron chi connectivity index (χ4n) is 4.54. The molecule has 0 bridgehead atoms. The van der Waals surface area contributed by atoms with E-state index in [9.17, 15) is 4.79 Å². The maximum atomic E-state index is 11.0. The maximum absolute atomic E-state index is 11.0. The van der Waals surface area contributed by atoms with Crippen LogP contribution in [-0.4, -0.2) is 36.4 Å². The van der Waals surface area contributed by atoms with Gasteiger partial charge >= 0.3 is 5.97 Å². The Morgan fingerprint density at radius 3 is 2.74 bits per heavy atom. The van der Waals surface area contributed by atoms with Crippen LogP contribution < -0.4 is 14.2 Å². The molecule has 0 radical (unpaired) electrons. The number of para-hydroxylation sites is 1. The molecule has 6 nitrogen and oxygen atoms in total. The van der Waals surface area contributed by atoms with Crippen LogP contribution in [0.2, 0.25) is 0 Å². The molecule has 1 heterocycles. The zero-order chi connectivity index (χ0) is 24.2. The van der Waals surface area contributed by atoms with Crippen molar-refractivity contribution in [1.82, 2.24) is 4.98 Å². The number of fused-ring (bicyclic) bond motifs is 2. The highest BCUT2D eigenvalue weighted by Crippen LogP contribution is 2.38. The second kappa shape index (κ2) is 10.4. The van der Waals surface area contributed by atoms with Crippen LogP contribution in [0, 0.1) is 0 Å². The fraction of sp³-hybridized carbons (Fsp3) is 0.286. The van der Waals surface area contributed by atoms with Crippen LogP contribution >= 0.6 is 11.3 Å². The van der Waals surface area contributed by atoms with Crippen LogP contribution in [-0.2, 0) is 11.2 Å². The Hall–Kier alpha value is -3.58. The van der Waals surface area contributed by atoms with Crippen molar-refractivity contribution >= 4 is 27.5 Å². The van der Waals surface area contributed by atoms with Gasteiger partial charge in [-0.25, -0.2) is 4.98 Å². The zero-order valence-electron chi connectivity index (χ0n) is 19.5. The Bertz CT molecular complexity index is 1320. The number of hydrogen-bond acceptors (Lipinski definition) is 6. The minimum Gasteiger partial charge on any atom is -0.493 e. The summed E-state index contributed by atoms with van der Waals surface area (Å²) in [5, 5.41) is 10.0. The smallest absolute Gasteiger partial charge is 0.303 e. The molecule has 35 heavy (non-hydrogen) atoms. The van der Waals surface area contributed by atoms with Gasteiger partial charge in [0.05, 0.1) is 37.0 Å². The van der Waals surface area contributed by atoms with Gasteiger partial charge in [-0.1, -0.05) is 18.2 Å². The first-order valence-corrected chi connectivity index (χ1v) is 12.6. The number of aromatic nitrogens is 1. The number of nitrogens with zero attached hydrogens (tertiary/aromatic N) is 1. The largest absolute Gasteiger partial charge is 0.493 e. The topological polar surface area (TPSA) is 77.9 Å². The summed E-state index contributed by atoms with van der Waals surface area (Å²) in [5.74, 6) is 1.56. The number of ether oxygens (including phenoxy) is 3. The Kier molecular flexibility index (Phi) is 6.86. The molecule has 1 unspecified atom stereocenters. The van der Waals surface area contributed by atoms with Crippen molar-refractivity contribution in [3.63, 3.8) is 0 Å². The first-order valence-electron chi connectivity index (χ1n) is 11.7. The molecule has 0 aliphatic heterocycles. The molecule has 1 aliphatic rings. The molecule has 0 saturated heterocycles. The molecule has 3 aromatic carbocycles. The van der Waals surface area contributed by atoms with E-state index >= 15 is 0 Å². The summed E-state index contributed by atoms with van der Waals surface area (Å²) >= 11 is 1.66. The number of carbonyl (C=O) groups is 1. The van der Waals surface area contributed by atoms with Gasteiger partial charge in [0, 0.05) is 12.0 Å². The highest BCUT2D eigenvalue weighted by atomic mass is 32.1. The molecule has 4 aromatic rings. The standard InChI is InChI=1S/C28H27NO5S/c1-32-25-16-20(28-29-23-5-2-3-6-26(23)35-28)9-12-24(25)34-14-4-13-33-21-10-11-22-18(15-21)7-8-19(22)17-27(30)31/h2-3,5-6,9-12,15-16,19H,4,7-8,13-14,17H2,1H3,(H,30,31). The van der Waals surface area contributed by atoms with Crippen LogP contribution in [0.5, 0.6) is 17.2 Å². The lowest BCUT2D eigenvalue weighted by Crippen LogP contribution is -2.06. The number of carboxylic acids is 1. The van der Waals surface area contributed by atoms with Gasteiger partial charge in [0.1, 0.15) is 10.8 Å². The molecule has 1 aliphatic carbocycles. The molecule has 1 atom stereocenters. The number of rotatable bonds is 10. The first-order chi connectivity index (χ1) is 17.1. The van der Waals surface area contributed by atoms with E-state index in [4.69, 9.17) is 24.3 Å². The average molecular weight is 490 g/mol. The van der Waals surface area contributed by atoms with Gasteiger partial charge in [-0.05, 0) is 72.4 Å². The van der Waals surface area contributed by atoms with Crippen molar-refractivity contribution < 1.29 is 24.1 Å². The van der Waals surface area contributed by atoms with E-state index in [1.54, 1.807) is 18.4 Å². The van der Waals surface area contributed by atoms with Crippen molar-refractivity contribution in [3.05, 3.63) is 71.8 Å². The first kappa shape index (κ1) is 23.2. The molecule has 1 N–H and O–H groups in total. The van der Waals surface area contributed by atoms with Crippen LogP contribution in [0.1, 0.15) is 36.3 Å². The Morgan fingerprint density at radius 1 is 1.06 bits per heavy atom. The van der Waals surface area contributed by atoms with Gasteiger partial charge in [-0.2, -0.15) is 0 Å². The minimum atomic E-state index is -0.744. The molecule has 0 saturated carbocycles. The number of aryl methyl sites for hydroxylation is 1. The van der Waals surface area contributed by atoms with Gasteiger partial charge in [0.2, 0.25) is 0 Å². The maximum Gasteiger partial charge on any atom is 0.303 e. The van der Waals surface area contributed by atoms with E-state index in [2.05, 4.69) is 6.07 Å². The Balaban J connectivity index is 1.14. The van der Waals surface area contributed by atoms with E-state index in [1.165, 1.54) is 5.56 Å². The molecule has 0 amide bonds.